The van der Waals surface area contributed by atoms with Gasteiger partial charge in [0.25, 0.3) is 0 Å². The topological polar surface area (TPSA) is 60.7 Å². The molecule has 134 valence electrons. The van der Waals surface area contributed by atoms with Gasteiger partial charge < -0.3 is 15.3 Å². The highest BCUT2D eigenvalue weighted by atomic mass is 16.5. The van der Waals surface area contributed by atoms with Crippen molar-refractivity contribution in [2.75, 3.05) is 0 Å². The van der Waals surface area contributed by atoms with Gasteiger partial charge in [-0.15, -0.1) is 0 Å². The summed E-state index contributed by atoms with van der Waals surface area (Å²) in [4.78, 5) is 0. The third kappa shape index (κ3) is 6.76. The lowest BCUT2D eigenvalue weighted by Gasteiger charge is -2.34. The van der Waals surface area contributed by atoms with E-state index in [0.717, 1.165) is 51.4 Å². The number of aryl methyl sites for hydroxylation is 1. The molecule has 3 heteroatoms. The summed E-state index contributed by atoms with van der Waals surface area (Å²) in [7, 11) is 0. The van der Waals surface area contributed by atoms with E-state index < -0.39 is 11.9 Å². The molecule has 0 radical (unpaired) electrons. The summed E-state index contributed by atoms with van der Waals surface area (Å²) in [5.74, 6) is -1.30. The SMILES string of the molecule is CC(O)(O)C1CCCC(C=CC(O)CCCCc2ccccc2)C1. The Bertz CT molecular complexity index is 490. The zero-order valence-corrected chi connectivity index (χ0v) is 14.8. The first-order valence-electron chi connectivity index (χ1n) is 9.30. The summed E-state index contributed by atoms with van der Waals surface area (Å²) in [5.41, 5.74) is 1.35. The van der Waals surface area contributed by atoms with Gasteiger partial charge in [0.15, 0.2) is 5.79 Å². The van der Waals surface area contributed by atoms with Crippen molar-refractivity contribution in [2.45, 2.75) is 70.2 Å². The molecular formula is C21H32O3. The van der Waals surface area contributed by atoms with E-state index in [2.05, 4.69) is 30.3 Å². The van der Waals surface area contributed by atoms with Crippen LogP contribution in [0.15, 0.2) is 42.5 Å². The Kier molecular flexibility index (Phi) is 7.47. The fraction of sp³-hybridized carbons (Fsp3) is 0.619. The number of hydrogen-bond acceptors (Lipinski definition) is 3. The van der Waals surface area contributed by atoms with Crippen molar-refractivity contribution >= 4 is 0 Å². The molecule has 3 N–H and O–H groups in total. The maximum absolute atomic E-state index is 10.1. The van der Waals surface area contributed by atoms with E-state index in [-0.39, 0.29) is 5.92 Å². The van der Waals surface area contributed by atoms with Crippen LogP contribution in [0.3, 0.4) is 0 Å². The number of hydrogen-bond donors (Lipinski definition) is 3. The number of aliphatic hydroxyl groups is 3. The van der Waals surface area contributed by atoms with Crippen molar-refractivity contribution in [3.8, 4) is 0 Å². The van der Waals surface area contributed by atoms with Crippen LogP contribution in [0.2, 0.25) is 0 Å². The summed E-state index contributed by atoms with van der Waals surface area (Å²) in [6.07, 6.45) is 11.3. The van der Waals surface area contributed by atoms with E-state index >= 15 is 0 Å². The van der Waals surface area contributed by atoms with Crippen LogP contribution < -0.4 is 0 Å². The molecule has 1 aliphatic rings. The molecule has 0 spiro atoms. The second kappa shape index (κ2) is 9.36. The van der Waals surface area contributed by atoms with Crippen LogP contribution in [0.4, 0.5) is 0 Å². The summed E-state index contributed by atoms with van der Waals surface area (Å²) in [6.45, 7) is 1.48. The first-order valence-corrected chi connectivity index (χ1v) is 9.30. The molecule has 0 aromatic heterocycles. The van der Waals surface area contributed by atoms with Gasteiger partial charge in [-0.1, -0.05) is 55.3 Å². The van der Waals surface area contributed by atoms with Gasteiger partial charge in [-0.2, -0.15) is 0 Å². The number of rotatable bonds is 8. The summed E-state index contributed by atoms with van der Waals surface area (Å²) >= 11 is 0. The number of allylic oxidation sites excluding steroid dienone is 1. The van der Waals surface area contributed by atoms with Gasteiger partial charge in [0, 0.05) is 5.92 Å². The lowest BCUT2D eigenvalue weighted by molar-refractivity contribution is -0.193. The molecule has 0 amide bonds. The molecule has 1 aliphatic carbocycles. The van der Waals surface area contributed by atoms with Gasteiger partial charge in [-0.05, 0) is 56.9 Å². The summed E-state index contributed by atoms with van der Waals surface area (Å²) < 4.78 is 0. The Morgan fingerprint density at radius 3 is 2.62 bits per heavy atom. The maximum atomic E-state index is 10.1. The van der Waals surface area contributed by atoms with Crippen LogP contribution in [-0.2, 0) is 6.42 Å². The zero-order chi connectivity index (χ0) is 17.4. The molecule has 0 saturated heterocycles. The Balaban J connectivity index is 1.66. The van der Waals surface area contributed by atoms with E-state index in [0.29, 0.717) is 5.92 Å². The molecular weight excluding hydrogens is 300 g/mol. The van der Waals surface area contributed by atoms with Crippen molar-refractivity contribution < 1.29 is 15.3 Å². The molecule has 1 aromatic carbocycles. The Morgan fingerprint density at radius 2 is 1.92 bits per heavy atom. The second-order valence-corrected chi connectivity index (χ2v) is 7.40. The van der Waals surface area contributed by atoms with Crippen LogP contribution >= 0.6 is 0 Å². The molecule has 1 aromatic rings. The molecule has 3 nitrogen and oxygen atoms in total. The molecule has 1 saturated carbocycles. The lowest BCUT2D eigenvalue weighted by atomic mass is 9.77. The largest absolute Gasteiger partial charge is 0.389 e. The Labute approximate surface area is 146 Å². The van der Waals surface area contributed by atoms with E-state index in [9.17, 15) is 15.3 Å². The van der Waals surface area contributed by atoms with Crippen molar-refractivity contribution in [1.29, 1.82) is 0 Å². The predicted molar refractivity (Wildman–Crippen MR) is 97.4 cm³/mol. The summed E-state index contributed by atoms with van der Waals surface area (Å²) in [6, 6.07) is 10.4. The normalized spacial score (nSPS) is 23.5. The van der Waals surface area contributed by atoms with Crippen molar-refractivity contribution in [3.05, 3.63) is 48.0 Å². The smallest absolute Gasteiger partial charge is 0.162 e. The lowest BCUT2D eigenvalue weighted by Crippen LogP contribution is -2.37. The molecule has 0 bridgehead atoms. The van der Waals surface area contributed by atoms with Crippen LogP contribution in [-0.4, -0.2) is 27.2 Å². The van der Waals surface area contributed by atoms with E-state index in [4.69, 9.17) is 0 Å². The molecule has 2 rings (SSSR count). The van der Waals surface area contributed by atoms with Crippen molar-refractivity contribution in [1.82, 2.24) is 0 Å². The molecule has 3 atom stereocenters. The molecule has 24 heavy (non-hydrogen) atoms. The van der Waals surface area contributed by atoms with Gasteiger partial charge >= 0.3 is 0 Å². The molecule has 1 fully saturated rings. The average Bonchev–Trinajstić information content (AvgIpc) is 2.57. The first kappa shape index (κ1) is 19.2. The van der Waals surface area contributed by atoms with Gasteiger partial charge in [-0.3, -0.25) is 0 Å². The summed E-state index contributed by atoms with van der Waals surface area (Å²) in [5, 5.41) is 29.6. The Morgan fingerprint density at radius 1 is 1.17 bits per heavy atom. The average molecular weight is 332 g/mol. The van der Waals surface area contributed by atoms with Gasteiger partial charge in [0.2, 0.25) is 0 Å². The van der Waals surface area contributed by atoms with Crippen molar-refractivity contribution in [3.63, 3.8) is 0 Å². The fourth-order valence-electron chi connectivity index (χ4n) is 3.61. The minimum atomic E-state index is -1.58. The van der Waals surface area contributed by atoms with Gasteiger partial charge in [0.05, 0.1) is 6.10 Å². The maximum Gasteiger partial charge on any atom is 0.162 e. The highest BCUT2D eigenvalue weighted by molar-refractivity contribution is 5.14. The number of benzene rings is 1. The van der Waals surface area contributed by atoms with E-state index in [1.807, 2.05) is 12.1 Å². The second-order valence-electron chi connectivity index (χ2n) is 7.40. The van der Waals surface area contributed by atoms with Crippen LogP contribution in [0, 0.1) is 11.8 Å². The first-order chi connectivity index (χ1) is 11.4. The van der Waals surface area contributed by atoms with Crippen LogP contribution in [0.5, 0.6) is 0 Å². The predicted octanol–water partition coefficient (Wildman–Crippen LogP) is 3.82. The zero-order valence-electron chi connectivity index (χ0n) is 14.8. The van der Waals surface area contributed by atoms with E-state index in [1.165, 1.54) is 12.5 Å². The fourth-order valence-corrected chi connectivity index (χ4v) is 3.61. The van der Waals surface area contributed by atoms with Gasteiger partial charge in [-0.25, -0.2) is 0 Å². The quantitative estimate of drug-likeness (QED) is 0.385. The van der Waals surface area contributed by atoms with Crippen LogP contribution in [0.1, 0.15) is 57.4 Å². The number of unbranched alkanes of at least 4 members (excludes halogenated alkanes) is 1. The molecule has 0 heterocycles. The van der Waals surface area contributed by atoms with Crippen molar-refractivity contribution in [2.24, 2.45) is 11.8 Å². The molecule has 0 aliphatic heterocycles. The minimum Gasteiger partial charge on any atom is -0.389 e. The standard InChI is InChI=1S/C21H32O3/c1-21(23,24)19-12-7-11-18(16-19)14-15-20(22)13-6-5-10-17-8-3-2-4-9-17/h2-4,8-9,14-15,18-20,22-24H,5-7,10-13,16H2,1H3. The highest BCUT2D eigenvalue weighted by Gasteiger charge is 2.33. The third-order valence-electron chi connectivity index (χ3n) is 5.15. The minimum absolute atomic E-state index is 0.0658. The third-order valence-corrected chi connectivity index (χ3v) is 5.15. The Hall–Kier alpha value is -1.16. The van der Waals surface area contributed by atoms with Crippen LogP contribution in [0.25, 0.3) is 0 Å². The number of aliphatic hydroxyl groups excluding tert-OH is 1. The highest BCUT2D eigenvalue weighted by Crippen LogP contribution is 2.35. The van der Waals surface area contributed by atoms with E-state index in [1.54, 1.807) is 0 Å². The monoisotopic (exact) mass is 332 g/mol. The van der Waals surface area contributed by atoms with Gasteiger partial charge in [0.1, 0.15) is 0 Å². The molecule has 3 unspecified atom stereocenters.